The molecule has 2 heterocycles. The van der Waals surface area contributed by atoms with Gasteiger partial charge >= 0.3 is 0 Å². The molecule has 1 aliphatic rings. The fourth-order valence-electron chi connectivity index (χ4n) is 2.70. The lowest BCUT2D eigenvalue weighted by Crippen LogP contribution is -2.43. The van der Waals surface area contributed by atoms with Gasteiger partial charge in [-0.3, -0.25) is 11.3 Å². The zero-order chi connectivity index (χ0) is 13.9. The number of aryl methyl sites for hydroxylation is 1. The number of aromatic nitrogens is 1. The Balaban J connectivity index is 1.83. The summed E-state index contributed by atoms with van der Waals surface area (Å²) in [6.07, 6.45) is 1.75. The number of fused-ring (bicyclic) bond motifs is 1. The zero-order valence-corrected chi connectivity index (χ0v) is 12.3. The Morgan fingerprint density at radius 1 is 1.50 bits per heavy atom. The molecule has 2 aromatic rings. The molecular weight excluding hydrogens is 270 g/mol. The number of ether oxygens (including phenoxy) is 1. The summed E-state index contributed by atoms with van der Waals surface area (Å²) in [5.74, 6) is 5.76. The van der Waals surface area contributed by atoms with Gasteiger partial charge in [0.05, 0.1) is 23.8 Å². The molecule has 1 aliphatic heterocycles. The van der Waals surface area contributed by atoms with Gasteiger partial charge in [-0.25, -0.2) is 4.98 Å². The monoisotopic (exact) mass is 289 g/mol. The second kappa shape index (κ2) is 6.01. The van der Waals surface area contributed by atoms with Gasteiger partial charge in [-0.05, 0) is 24.5 Å². The van der Waals surface area contributed by atoms with Crippen LogP contribution in [-0.2, 0) is 17.6 Å². The molecule has 0 aliphatic carbocycles. The summed E-state index contributed by atoms with van der Waals surface area (Å²) >= 11 is 1.68. The van der Waals surface area contributed by atoms with Crippen molar-refractivity contribution in [3.05, 3.63) is 51.5 Å². The maximum Gasteiger partial charge on any atom is 0.0998 e. The van der Waals surface area contributed by atoms with Crippen molar-refractivity contribution in [1.29, 1.82) is 0 Å². The summed E-state index contributed by atoms with van der Waals surface area (Å²) in [4.78, 5) is 4.52. The molecule has 0 spiro atoms. The molecule has 2 atom stereocenters. The summed E-state index contributed by atoms with van der Waals surface area (Å²) in [7, 11) is 0. The third-order valence-electron chi connectivity index (χ3n) is 3.67. The van der Waals surface area contributed by atoms with Gasteiger partial charge in [-0.15, -0.1) is 11.3 Å². The summed E-state index contributed by atoms with van der Waals surface area (Å²) in [6.45, 7) is 2.76. The Bertz CT molecular complexity index is 584. The lowest BCUT2D eigenvalue weighted by atomic mass is 9.92. The van der Waals surface area contributed by atoms with Crippen LogP contribution in [0.15, 0.2) is 29.6 Å². The number of nitrogens with zero attached hydrogens (tertiary/aromatic N) is 1. The van der Waals surface area contributed by atoms with E-state index in [1.807, 2.05) is 6.92 Å². The maximum absolute atomic E-state index is 5.97. The van der Waals surface area contributed by atoms with E-state index in [2.05, 4.69) is 40.1 Å². The summed E-state index contributed by atoms with van der Waals surface area (Å²) in [5.41, 5.74) is 6.58. The van der Waals surface area contributed by atoms with E-state index < -0.39 is 0 Å². The first-order valence-corrected chi connectivity index (χ1v) is 7.72. The zero-order valence-electron chi connectivity index (χ0n) is 11.5. The molecule has 0 saturated carbocycles. The minimum Gasteiger partial charge on any atom is -0.371 e. The molecule has 0 bridgehead atoms. The van der Waals surface area contributed by atoms with Crippen molar-refractivity contribution in [2.45, 2.75) is 31.9 Å². The Labute approximate surface area is 123 Å². The number of nitrogens with one attached hydrogen (secondary N) is 1. The van der Waals surface area contributed by atoms with Crippen LogP contribution in [-0.4, -0.2) is 17.6 Å². The largest absolute Gasteiger partial charge is 0.371 e. The van der Waals surface area contributed by atoms with Crippen molar-refractivity contribution in [3.63, 3.8) is 0 Å². The van der Waals surface area contributed by atoms with E-state index in [1.54, 1.807) is 11.3 Å². The molecule has 1 aromatic heterocycles. The van der Waals surface area contributed by atoms with Crippen molar-refractivity contribution in [3.8, 4) is 0 Å². The summed E-state index contributed by atoms with van der Waals surface area (Å²) in [6, 6.07) is 8.49. The van der Waals surface area contributed by atoms with E-state index in [9.17, 15) is 0 Å². The van der Waals surface area contributed by atoms with Crippen LogP contribution in [0.1, 0.15) is 27.9 Å². The van der Waals surface area contributed by atoms with Crippen molar-refractivity contribution >= 4 is 11.3 Å². The number of hydrogen-bond acceptors (Lipinski definition) is 5. The molecule has 3 rings (SSSR count). The van der Waals surface area contributed by atoms with Crippen LogP contribution < -0.4 is 11.3 Å². The molecule has 0 saturated heterocycles. The lowest BCUT2D eigenvalue weighted by molar-refractivity contribution is 0.0154. The quantitative estimate of drug-likeness (QED) is 0.669. The molecular formula is C15H19N3OS. The Kier molecular flexibility index (Phi) is 4.12. The van der Waals surface area contributed by atoms with Gasteiger partial charge in [0.2, 0.25) is 0 Å². The van der Waals surface area contributed by atoms with E-state index in [1.165, 1.54) is 11.1 Å². The van der Waals surface area contributed by atoms with Gasteiger partial charge in [-0.2, -0.15) is 0 Å². The van der Waals surface area contributed by atoms with Crippen LogP contribution in [0, 0.1) is 6.92 Å². The Morgan fingerprint density at radius 2 is 2.35 bits per heavy atom. The highest BCUT2D eigenvalue weighted by molar-refractivity contribution is 7.09. The van der Waals surface area contributed by atoms with Crippen LogP contribution in [0.3, 0.4) is 0 Å². The Morgan fingerprint density at radius 3 is 3.10 bits per heavy atom. The van der Waals surface area contributed by atoms with Crippen molar-refractivity contribution in [2.75, 3.05) is 6.61 Å². The maximum atomic E-state index is 5.97. The van der Waals surface area contributed by atoms with Gasteiger partial charge in [0.1, 0.15) is 0 Å². The molecule has 5 heteroatoms. The number of hydrogen-bond donors (Lipinski definition) is 2. The number of thiazole rings is 1. The molecule has 20 heavy (non-hydrogen) atoms. The van der Waals surface area contributed by atoms with Gasteiger partial charge in [0.25, 0.3) is 0 Å². The summed E-state index contributed by atoms with van der Waals surface area (Å²) in [5, 5.41) is 3.16. The van der Waals surface area contributed by atoms with Crippen LogP contribution in [0.5, 0.6) is 0 Å². The highest BCUT2D eigenvalue weighted by atomic mass is 32.1. The van der Waals surface area contributed by atoms with Gasteiger partial charge in [0.15, 0.2) is 0 Å². The number of hydrazine groups is 1. The van der Waals surface area contributed by atoms with Gasteiger partial charge in [-0.1, -0.05) is 24.3 Å². The number of nitrogens with two attached hydrogens (primary N) is 1. The SMILES string of the molecule is Cc1csc(CC(NN)C2OCCc3ccccc32)n1. The van der Waals surface area contributed by atoms with Gasteiger partial charge in [0, 0.05) is 17.5 Å². The van der Waals surface area contributed by atoms with Crippen LogP contribution >= 0.6 is 11.3 Å². The Hall–Kier alpha value is -1.27. The molecule has 0 fully saturated rings. The highest BCUT2D eigenvalue weighted by Gasteiger charge is 2.28. The molecule has 1 aromatic carbocycles. The average Bonchev–Trinajstić information content (AvgIpc) is 2.89. The van der Waals surface area contributed by atoms with E-state index in [0.717, 1.165) is 30.2 Å². The number of rotatable bonds is 4. The third kappa shape index (κ3) is 2.76. The second-order valence-corrected chi connectivity index (χ2v) is 6.04. The van der Waals surface area contributed by atoms with Crippen LogP contribution in [0.4, 0.5) is 0 Å². The molecule has 2 unspecified atom stereocenters. The van der Waals surface area contributed by atoms with Crippen molar-refractivity contribution in [1.82, 2.24) is 10.4 Å². The first kappa shape index (κ1) is 13.7. The van der Waals surface area contributed by atoms with E-state index in [-0.39, 0.29) is 12.1 Å². The summed E-state index contributed by atoms with van der Waals surface area (Å²) < 4.78 is 5.97. The molecule has 0 radical (unpaired) electrons. The van der Waals surface area contributed by atoms with E-state index >= 15 is 0 Å². The first-order chi connectivity index (χ1) is 9.78. The van der Waals surface area contributed by atoms with Crippen LogP contribution in [0.25, 0.3) is 0 Å². The minimum atomic E-state index is -0.00541. The third-order valence-corrected chi connectivity index (χ3v) is 4.66. The standard InChI is InChI=1S/C15H19N3OS/c1-10-9-20-14(17-10)8-13(18-16)15-12-5-3-2-4-11(12)6-7-19-15/h2-5,9,13,15,18H,6-8,16H2,1H3. The van der Waals surface area contributed by atoms with Gasteiger partial charge < -0.3 is 4.74 Å². The van der Waals surface area contributed by atoms with E-state index in [0.29, 0.717) is 0 Å². The topological polar surface area (TPSA) is 60.2 Å². The molecule has 0 amide bonds. The minimum absolute atomic E-state index is 0.00541. The smallest absolute Gasteiger partial charge is 0.0998 e. The first-order valence-electron chi connectivity index (χ1n) is 6.84. The van der Waals surface area contributed by atoms with E-state index in [4.69, 9.17) is 10.6 Å². The fraction of sp³-hybridized carbons (Fsp3) is 0.400. The molecule has 4 nitrogen and oxygen atoms in total. The predicted molar refractivity (Wildman–Crippen MR) is 80.5 cm³/mol. The normalized spacial score (nSPS) is 19.6. The highest BCUT2D eigenvalue weighted by Crippen LogP contribution is 2.31. The van der Waals surface area contributed by atoms with Crippen molar-refractivity contribution < 1.29 is 4.74 Å². The molecule has 3 N–H and O–H groups in total. The second-order valence-electron chi connectivity index (χ2n) is 5.10. The predicted octanol–water partition coefficient (Wildman–Crippen LogP) is 2.14. The average molecular weight is 289 g/mol. The fourth-order valence-corrected chi connectivity index (χ4v) is 3.53. The molecule has 106 valence electrons. The number of benzene rings is 1. The van der Waals surface area contributed by atoms with Crippen LogP contribution in [0.2, 0.25) is 0 Å². The van der Waals surface area contributed by atoms with Crippen molar-refractivity contribution in [2.24, 2.45) is 5.84 Å². The lowest BCUT2D eigenvalue weighted by Gasteiger charge is -2.31.